The molecule has 2 heterocycles. The standard InChI is InChI=1S/C22H27ClN2O.C3H6.C2H6.CH3NO/c1-5-7-9-17(12-18-13-25-22(23)11-15(18)3)19-14-24-20(10-16(19)4)21(26)8-6-2;1-2-3-1;1-2;2-1-3/h7,9-14,20,24H,5-6,8H2,1-4H3;1-3H2;1-2H3;1H,(H2,2,3)/b9-7+,17-12+;;;. The highest BCUT2D eigenvalue weighted by Crippen LogP contribution is 2.27. The number of aromatic nitrogens is 1. The largest absolute Gasteiger partial charge is 0.378 e. The number of Topliss-reactive ketones (excluding diaryl/α,β-unsaturated/α-hetero) is 1. The van der Waals surface area contributed by atoms with Gasteiger partial charge < -0.3 is 11.1 Å². The van der Waals surface area contributed by atoms with Crippen LogP contribution < -0.4 is 11.1 Å². The second kappa shape index (κ2) is 18.7. The van der Waals surface area contributed by atoms with Gasteiger partial charge in [-0.25, -0.2) is 4.98 Å². The number of ketones is 1. The van der Waals surface area contributed by atoms with Crippen molar-refractivity contribution < 1.29 is 9.59 Å². The van der Waals surface area contributed by atoms with Crippen molar-refractivity contribution in [1.29, 1.82) is 0 Å². The minimum absolute atomic E-state index is 0.228. The van der Waals surface area contributed by atoms with Gasteiger partial charge in [0.2, 0.25) is 6.41 Å². The number of primary amides is 1. The Morgan fingerprint density at radius 1 is 1.24 bits per heavy atom. The van der Waals surface area contributed by atoms with E-state index >= 15 is 0 Å². The van der Waals surface area contributed by atoms with E-state index in [-0.39, 0.29) is 18.2 Å². The molecule has 1 unspecified atom stereocenters. The Morgan fingerprint density at radius 2 is 1.85 bits per heavy atom. The van der Waals surface area contributed by atoms with Gasteiger partial charge in [-0.2, -0.15) is 0 Å². The van der Waals surface area contributed by atoms with Crippen LogP contribution in [0.25, 0.3) is 6.08 Å². The number of hydrogen-bond donors (Lipinski definition) is 2. The second-order valence-electron chi connectivity index (χ2n) is 7.74. The Bertz CT molecular complexity index is 881. The number of aryl methyl sites for hydroxylation is 1. The number of nitrogens with zero attached hydrogens (tertiary/aromatic N) is 1. The monoisotopic (exact) mass is 487 g/mol. The van der Waals surface area contributed by atoms with Crippen molar-refractivity contribution >= 4 is 29.9 Å². The van der Waals surface area contributed by atoms with Crippen LogP contribution in [0.2, 0.25) is 5.15 Å². The van der Waals surface area contributed by atoms with Crippen molar-refractivity contribution in [2.45, 2.75) is 86.1 Å². The van der Waals surface area contributed by atoms with Gasteiger partial charge >= 0.3 is 0 Å². The van der Waals surface area contributed by atoms with E-state index in [0.717, 1.165) is 40.7 Å². The maximum absolute atomic E-state index is 12.2. The number of dihydropyridines is 1. The summed E-state index contributed by atoms with van der Waals surface area (Å²) in [5.74, 6) is 0.231. The number of carbonyl (C=O) groups excluding carboxylic acids is 2. The normalized spacial score (nSPS) is 16.2. The van der Waals surface area contributed by atoms with Gasteiger partial charge in [0.15, 0.2) is 5.78 Å². The molecular weight excluding hydrogens is 446 g/mol. The number of hydrogen-bond acceptors (Lipinski definition) is 4. The number of amides is 1. The quantitative estimate of drug-likeness (QED) is 0.250. The van der Waals surface area contributed by atoms with Gasteiger partial charge in [-0.1, -0.05) is 76.8 Å². The summed E-state index contributed by atoms with van der Waals surface area (Å²) >= 11 is 5.97. The highest BCUT2D eigenvalue weighted by atomic mass is 35.5. The lowest BCUT2D eigenvalue weighted by atomic mass is 9.91. The van der Waals surface area contributed by atoms with Gasteiger partial charge in [0.25, 0.3) is 0 Å². The number of halogens is 1. The maximum Gasteiger partial charge on any atom is 0.204 e. The summed E-state index contributed by atoms with van der Waals surface area (Å²) in [6.07, 6.45) is 19.3. The van der Waals surface area contributed by atoms with E-state index in [4.69, 9.17) is 16.4 Å². The molecule has 34 heavy (non-hydrogen) atoms. The fourth-order valence-corrected chi connectivity index (χ4v) is 3.10. The molecule has 3 rings (SSSR count). The van der Waals surface area contributed by atoms with Gasteiger partial charge in [-0.3, -0.25) is 9.59 Å². The highest BCUT2D eigenvalue weighted by molar-refractivity contribution is 6.29. The smallest absolute Gasteiger partial charge is 0.204 e. The number of allylic oxidation sites excluding steroid dienone is 5. The molecule has 3 N–H and O–H groups in total. The number of pyridine rings is 1. The molecule has 0 radical (unpaired) electrons. The van der Waals surface area contributed by atoms with Crippen molar-refractivity contribution in [2.24, 2.45) is 5.73 Å². The molecule has 1 fully saturated rings. The summed E-state index contributed by atoms with van der Waals surface area (Å²) in [7, 11) is 0. The van der Waals surface area contributed by atoms with Crippen LogP contribution >= 0.6 is 11.6 Å². The van der Waals surface area contributed by atoms with E-state index in [2.05, 4.69) is 48.1 Å². The second-order valence-corrected chi connectivity index (χ2v) is 8.13. The molecule has 1 aromatic heterocycles. The molecule has 1 saturated carbocycles. The summed E-state index contributed by atoms with van der Waals surface area (Å²) in [6, 6.07) is 1.64. The van der Waals surface area contributed by atoms with Crippen LogP contribution in [-0.4, -0.2) is 23.2 Å². The fraction of sp³-hybridized carbons (Fsp3) is 0.464. The molecule has 1 aliphatic carbocycles. The summed E-state index contributed by atoms with van der Waals surface area (Å²) in [5.41, 5.74) is 9.55. The summed E-state index contributed by atoms with van der Waals surface area (Å²) in [4.78, 5) is 25.0. The van der Waals surface area contributed by atoms with Gasteiger partial charge in [0.1, 0.15) is 11.2 Å². The Kier molecular flexibility index (Phi) is 17.3. The van der Waals surface area contributed by atoms with Gasteiger partial charge in [0, 0.05) is 24.4 Å². The van der Waals surface area contributed by atoms with E-state index in [9.17, 15) is 4.79 Å². The van der Waals surface area contributed by atoms with Crippen LogP contribution in [0, 0.1) is 6.92 Å². The predicted octanol–water partition coefficient (Wildman–Crippen LogP) is 6.86. The molecular formula is C28H42ClN3O2. The third kappa shape index (κ3) is 12.5. The topological polar surface area (TPSA) is 85.1 Å². The molecule has 5 nitrogen and oxygen atoms in total. The molecule has 6 heteroatoms. The average Bonchev–Trinajstić information content (AvgIpc) is 3.70. The number of nitrogens with one attached hydrogen (secondary N) is 1. The van der Waals surface area contributed by atoms with Crippen LogP contribution in [0.3, 0.4) is 0 Å². The fourth-order valence-electron chi connectivity index (χ4n) is 2.89. The Morgan fingerprint density at radius 3 is 2.32 bits per heavy atom. The Hall–Kier alpha value is -2.66. The zero-order chi connectivity index (χ0) is 25.9. The Balaban J connectivity index is 0.00000118. The third-order valence-electron chi connectivity index (χ3n) is 4.72. The molecule has 0 saturated heterocycles. The highest BCUT2D eigenvalue weighted by Gasteiger charge is 2.19. The average molecular weight is 488 g/mol. The lowest BCUT2D eigenvalue weighted by Crippen LogP contribution is -2.34. The minimum Gasteiger partial charge on any atom is -0.378 e. The molecule has 1 aliphatic heterocycles. The summed E-state index contributed by atoms with van der Waals surface area (Å²) < 4.78 is 0. The first-order valence-electron chi connectivity index (χ1n) is 12.2. The molecule has 0 spiro atoms. The summed E-state index contributed by atoms with van der Waals surface area (Å²) in [5, 5.41) is 3.75. The van der Waals surface area contributed by atoms with E-state index in [0.29, 0.717) is 11.6 Å². The Labute approximate surface area is 211 Å². The van der Waals surface area contributed by atoms with Crippen LogP contribution in [0.15, 0.2) is 53.4 Å². The molecule has 188 valence electrons. The van der Waals surface area contributed by atoms with Crippen molar-refractivity contribution in [1.82, 2.24) is 10.3 Å². The lowest BCUT2D eigenvalue weighted by Gasteiger charge is -2.22. The molecule has 1 atom stereocenters. The molecule has 0 bridgehead atoms. The first kappa shape index (κ1) is 31.3. The first-order valence-corrected chi connectivity index (χ1v) is 12.6. The maximum atomic E-state index is 12.2. The predicted molar refractivity (Wildman–Crippen MR) is 146 cm³/mol. The van der Waals surface area contributed by atoms with Crippen molar-refractivity contribution in [3.8, 4) is 0 Å². The van der Waals surface area contributed by atoms with Crippen LogP contribution in [0.5, 0.6) is 0 Å². The lowest BCUT2D eigenvalue weighted by molar-refractivity contribution is -0.119. The minimum atomic E-state index is -0.228. The van der Waals surface area contributed by atoms with E-state index in [1.54, 1.807) is 6.20 Å². The van der Waals surface area contributed by atoms with Gasteiger partial charge in [0.05, 0.1) is 0 Å². The van der Waals surface area contributed by atoms with Gasteiger partial charge in [-0.05, 0) is 61.1 Å². The molecule has 0 aromatic carbocycles. The van der Waals surface area contributed by atoms with Crippen molar-refractivity contribution in [2.75, 3.05) is 0 Å². The van der Waals surface area contributed by atoms with Gasteiger partial charge in [-0.15, -0.1) is 0 Å². The van der Waals surface area contributed by atoms with E-state index in [1.165, 1.54) is 19.3 Å². The summed E-state index contributed by atoms with van der Waals surface area (Å²) in [6.45, 7) is 12.2. The third-order valence-corrected chi connectivity index (χ3v) is 4.93. The van der Waals surface area contributed by atoms with Crippen LogP contribution in [0.1, 0.15) is 84.3 Å². The van der Waals surface area contributed by atoms with Crippen LogP contribution in [0.4, 0.5) is 0 Å². The number of carbonyl (C=O) groups is 2. The SMILES string of the molecule is C1CC1.CC.CC/C=C/C(=C\c1cnc(Cl)cc1C)C1=CNC(C(=O)CCC)C=C1C.NC=O. The molecule has 1 amide bonds. The zero-order valence-corrected chi connectivity index (χ0v) is 22.4. The molecule has 2 aliphatic rings. The van der Waals surface area contributed by atoms with Crippen molar-refractivity contribution in [3.63, 3.8) is 0 Å². The number of nitrogens with two attached hydrogens (primary N) is 1. The van der Waals surface area contributed by atoms with Crippen LogP contribution in [-0.2, 0) is 9.59 Å². The van der Waals surface area contributed by atoms with Crippen molar-refractivity contribution in [3.05, 3.63) is 69.7 Å². The zero-order valence-electron chi connectivity index (χ0n) is 21.7. The number of rotatable bonds is 7. The molecule has 1 aromatic rings. The van der Waals surface area contributed by atoms with E-state index in [1.807, 2.05) is 46.0 Å². The van der Waals surface area contributed by atoms with E-state index < -0.39 is 0 Å². The first-order chi connectivity index (χ1) is 16.4.